The van der Waals surface area contributed by atoms with E-state index in [0.717, 1.165) is 12.0 Å². The van der Waals surface area contributed by atoms with Gasteiger partial charge < -0.3 is 0 Å². The van der Waals surface area contributed by atoms with Crippen LogP contribution in [0.25, 0.3) is 0 Å². The Morgan fingerprint density at radius 1 is 0.810 bits per heavy atom. The average Bonchev–Trinajstić information content (AvgIpc) is 2.63. The van der Waals surface area contributed by atoms with Crippen LogP contribution in [0.1, 0.15) is 82.3 Å². The molecule has 1 aromatic rings. The van der Waals surface area contributed by atoms with Gasteiger partial charge in [-0.3, -0.25) is 4.79 Å². The van der Waals surface area contributed by atoms with Gasteiger partial charge in [0.05, 0.1) is 0 Å². The van der Waals surface area contributed by atoms with E-state index in [9.17, 15) is 4.79 Å². The van der Waals surface area contributed by atoms with Crippen LogP contribution in [0.5, 0.6) is 0 Å². The quantitative estimate of drug-likeness (QED) is 0.469. The molecule has 0 spiro atoms. The zero-order valence-electron chi connectivity index (χ0n) is 14.0. The minimum atomic E-state index is 0.169. The van der Waals surface area contributed by atoms with Crippen LogP contribution in [0.4, 0.5) is 0 Å². The molecule has 0 unspecified atom stereocenters. The van der Waals surface area contributed by atoms with E-state index >= 15 is 0 Å². The van der Waals surface area contributed by atoms with Crippen LogP contribution in [0.3, 0.4) is 0 Å². The second-order valence-corrected chi connectivity index (χ2v) is 6.22. The molecule has 1 rings (SSSR count). The van der Waals surface area contributed by atoms with Crippen LogP contribution in [0.2, 0.25) is 0 Å². The van der Waals surface area contributed by atoms with Gasteiger partial charge >= 0.3 is 0 Å². The molecule has 0 aliphatic heterocycles. The standard InChI is InChI=1S/C20H32O/c1-3-4-5-6-7-8-9-10-11-12-15-19-16-13-14-18(2)20(21)17-19/h13-14,16-17H,3-12,15H2,1-2H3. The fraction of sp³-hybridized carbons (Fsp3) is 0.650. The molecule has 0 bridgehead atoms. The third-order valence-corrected chi connectivity index (χ3v) is 4.18. The Bertz CT molecular complexity index is 436. The Labute approximate surface area is 130 Å². The van der Waals surface area contributed by atoms with E-state index in [2.05, 4.69) is 13.0 Å². The summed E-state index contributed by atoms with van der Waals surface area (Å²) in [6.07, 6.45) is 14.6. The molecule has 0 amide bonds. The van der Waals surface area contributed by atoms with Crippen LogP contribution >= 0.6 is 0 Å². The van der Waals surface area contributed by atoms with Crippen molar-refractivity contribution in [3.8, 4) is 0 Å². The first-order valence-electron chi connectivity index (χ1n) is 8.84. The number of hydrogen-bond donors (Lipinski definition) is 0. The van der Waals surface area contributed by atoms with Crippen molar-refractivity contribution in [3.63, 3.8) is 0 Å². The molecule has 0 aromatic heterocycles. The van der Waals surface area contributed by atoms with E-state index in [1.54, 1.807) is 0 Å². The SMILES string of the molecule is CCCCCCCCCCCCc1cccc(C)c(=O)c1. The normalized spacial score (nSPS) is 10.8. The van der Waals surface area contributed by atoms with E-state index in [1.165, 1.54) is 69.8 Å². The third-order valence-electron chi connectivity index (χ3n) is 4.18. The lowest BCUT2D eigenvalue weighted by atomic mass is 10.0. The van der Waals surface area contributed by atoms with Crippen LogP contribution in [0.15, 0.2) is 29.1 Å². The Balaban J connectivity index is 2.06. The van der Waals surface area contributed by atoms with Gasteiger partial charge in [0.25, 0.3) is 0 Å². The fourth-order valence-corrected chi connectivity index (χ4v) is 2.70. The van der Waals surface area contributed by atoms with Crippen molar-refractivity contribution >= 4 is 0 Å². The average molecular weight is 288 g/mol. The Kier molecular flexibility index (Phi) is 9.86. The summed E-state index contributed by atoms with van der Waals surface area (Å²) in [6.45, 7) is 4.15. The van der Waals surface area contributed by atoms with Crippen LogP contribution in [-0.2, 0) is 6.42 Å². The molecule has 0 saturated heterocycles. The summed E-state index contributed by atoms with van der Waals surface area (Å²) in [5.41, 5.74) is 2.19. The molecule has 0 aliphatic carbocycles. The van der Waals surface area contributed by atoms with E-state index in [0.29, 0.717) is 0 Å². The van der Waals surface area contributed by atoms with Crippen LogP contribution in [-0.4, -0.2) is 0 Å². The lowest BCUT2D eigenvalue weighted by Gasteiger charge is -2.02. The van der Waals surface area contributed by atoms with E-state index in [4.69, 9.17) is 0 Å². The molecule has 0 fully saturated rings. The van der Waals surface area contributed by atoms with Gasteiger partial charge in [-0.1, -0.05) is 82.9 Å². The monoisotopic (exact) mass is 288 g/mol. The third kappa shape index (κ3) is 8.70. The fourth-order valence-electron chi connectivity index (χ4n) is 2.70. The highest BCUT2D eigenvalue weighted by atomic mass is 16.1. The highest BCUT2D eigenvalue weighted by molar-refractivity contribution is 5.19. The Hall–Kier alpha value is -1.11. The second-order valence-electron chi connectivity index (χ2n) is 6.22. The minimum absolute atomic E-state index is 0.169. The first-order chi connectivity index (χ1) is 10.2. The summed E-state index contributed by atoms with van der Waals surface area (Å²) in [7, 11) is 0. The Morgan fingerprint density at radius 3 is 2.00 bits per heavy atom. The van der Waals surface area contributed by atoms with Gasteiger partial charge in [0.2, 0.25) is 0 Å². The first-order valence-corrected chi connectivity index (χ1v) is 8.84. The maximum Gasteiger partial charge on any atom is 0.181 e. The predicted octanol–water partition coefficient (Wildman–Crippen LogP) is 5.82. The molecule has 0 radical (unpaired) electrons. The topological polar surface area (TPSA) is 17.1 Å². The molecule has 1 aromatic carbocycles. The lowest BCUT2D eigenvalue weighted by molar-refractivity contribution is 0.556. The van der Waals surface area contributed by atoms with Crippen molar-refractivity contribution in [2.75, 3.05) is 0 Å². The molecule has 0 aliphatic rings. The molecular weight excluding hydrogens is 256 g/mol. The van der Waals surface area contributed by atoms with Crippen molar-refractivity contribution in [3.05, 3.63) is 45.6 Å². The summed E-state index contributed by atoms with van der Waals surface area (Å²) >= 11 is 0. The van der Waals surface area contributed by atoms with Crippen molar-refractivity contribution in [2.45, 2.75) is 84.5 Å². The number of hydrogen-bond acceptors (Lipinski definition) is 1. The molecular formula is C20H32O. The summed E-state index contributed by atoms with van der Waals surface area (Å²) in [4.78, 5) is 11.7. The van der Waals surface area contributed by atoms with Crippen LogP contribution < -0.4 is 5.43 Å². The van der Waals surface area contributed by atoms with Crippen molar-refractivity contribution in [1.29, 1.82) is 0 Å². The maximum absolute atomic E-state index is 11.7. The largest absolute Gasteiger partial charge is 0.290 e. The summed E-state index contributed by atoms with van der Waals surface area (Å²) in [5.74, 6) is 0. The van der Waals surface area contributed by atoms with Gasteiger partial charge in [-0.2, -0.15) is 0 Å². The van der Waals surface area contributed by atoms with E-state index in [-0.39, 0.29) is 5.43 Å². The molecule has 0 atom stereocenters. The van der Waals surface area contributed by atoms with Crippen molar-refractivity contribution in [1.82, 2.24) is 0 Å². The number of aryl methyl sites for hydroxylation is 2. The maximum atomic E-state index is 11.7. The van der Waals surface area contributed by atoms with Gasteiger partial charge in [0.1, 0.15) is 0 Å². The van der Waals surface area contributed by atoms with Gasteiger partial charge in [-0.15, -0.1) is 0 Å². The highest BCUT2D eigenvalue weighted by Crippen LogP contribution is 2.11. The number of rotatable bonds is 11. The van der Waals surface area contributed by atoms with Crippen molar-refractivity contribution in [2.24, 2.45) is 0 Å². The zero-order chi connectivity index (χ0) is 15.3. The summed E-state index contributed by atoms with van der Waals surface area (Å²) in [5, 5.41) is 0. The van der Waals surface area contributed by atoms with Gasteiger partial charge in [0.15, 0.2) is 5.43 Å². The first kappa shape index (κ1) is 17.9. The van der Waals surface area contributed by atoms with Gasteiger partial charge in [-0.25, -0.2) is 0 Å². The number of unbranched alkanes of at least 4 members (excludes halogenated alkanes) is 9. The summed E-state index contributed by atoms with van der Waals surface area (Å²) in [6, 6.07) is 7.80. The van der Waals surface area contributed by atoms with E-state index < -0.39 is 0 Å². The van der Waals surface area contributed by atoms with Crippen molar-refractivity contribution < 1.29 is 0 Å². The Morgan fingerprint density at radius 2 is 1.38 bits per heavy atom. The molecule has 118 valence electrons. The molecule has 0 heterocycles. The summed E-state index contributed by atoms with van der Waals surface area (Å²) < 4.78 is 0. The van der Waals surface area contributed by atoms with Crippen LogP contribution in [0, 0.1) is 6.92 Å². The van der Waals surface area contributed by atoms with E-state index in [1.807, 2.05) is 25.1 Å². The zero-order valence-corrected chi connectivity index (χ0v) is 14.0. The highest BCUT2D eigenvalue weighted by Gasteiger charge is 1.96. The molecule has 1 nitrogen and oxygen atoms in total. The smallest absolute Gasteiger partial charge is 0.181 e. The lowest BCUT2D eigenvalue weighted by Crippen LogP contribution is -1.99. The molecule has 1 heteroatoms. The molecule has 0 saturated carbocycles. The van der Waals surface area contributed by atoms with Gasteiger partial charge in [0, 0.05) is 0 Å². The van der Waals surface area contributed by atoms with Gasteiger partial charge in [-0.05, 0) is 37.0 Å². The predicted molar refractivity (Wildman–Crippen MR) is 93.0 cm³/mol. The molecule has 21 heavy (non-hydrogen) atoms. The molecule has 0 N–H and O–H groups in total. The minimum Gasteiger partial charge on any atom is -0.290 e. The second kappa shape index (κ2) is 11.5.